The highest BCUT2D eigenvalue weighted by molar-refractivity contribution is 5.91. The van der Waals surface area contributed by atoms with Crippen molar-refractivity contribution in [3.63, 3.8) is 0 Å². The van der Waals surface area contributed by atoms with Crippen LogP contribution in [0, 0.1) is 0 Å². The van der Waals surface area contributed by atoms with Gasteiger partial charge in [-0.3, -0.25) is 9.69 Å². The molecule has 1 aromatic carbocycles. The standard InChI is InChI=1S/C17H25N3O/c1-14(2)16-6-3-15(4-7-16)5-8-17(21)19-13-20-11-9-18-10-12-20/h3-8,14,18H,9-13H2,1-2H3,(H,19,21)/b8-5+. The zero-order chi connectivity index (χ0) is 15.1. The van der Waals surface area contributed by atoms with Gasteiger partial charge in [-0.15, -0.1) is 0 Å². The second-order valence-electron chi connectivity index (χ2n) is 5.72. The molecule has 1 aromatic rings. The lowest BCUT2D eigenvalue weighted by Crippen LogP contribution is -2.47. The first-order valence-corrected chi connectivity index (χ1v) is 7.64. The van der Waals surface area contributed by atoms with Crippen LogP contribution in [0.5, 0.6) is 0 Å². The molecule has 0 atom stereocenters. The fourth-order valence-electron chi connectivity index (χ4n) is 2.28. The van der Waals surface area contributed by atoms with Crippen molar-refractivity contribution < 1.29 is 4.79 Å². The van der Waals surface area contributed by atoms with E-state index in [9.17, 15) is 4.79 Å². The van der Waals surface area contributed by atoms with E-state index < -0.39 is 0 Å². The number of hydrogen-bond acceptors (Lipinski definition) is 3. The molecule has 1 fully saturated rings. The number of carbonyl (C=O) groups is 1. The van der Waals surface area contributed by atoms with Gasteiger partial charge in [0.2, 0.25) is 5.91 Å². The Morgan fingerprint density at radius 1 is 1.29 bits per heavy atom. The maximum atomic E-state index is 11.8. The van der Waals surface area contributed by atoms with Crippen LogP contribution in [0.1, 0.15) is 30.9 Å². The van der Waals surface area contributed by atoms with Crippen molar-refractivity contribution in [1.82, 2.24) is 15.5 Å². The van der Waals surface area contributed by atoms with Gasteiger partial charge < -0.3 is 10.6 Å². The lowest BCUT2D eigenvalue weighted by Gasteiger charge is -2.26. The number of nitrogens with zero attached hydrogens (tertiary/aromatic N) is 1. The van der Waals surface area contributed by atoms with E-state index >= 15 is 0 Å². The molecule has 2 N–H and O–H groups in total. The number of benzene rings is 1. The monoisotopic (exact) mass is 287 g/mol. The van der Waals surface area contributed by atoms with E-state index in [4.69, 9.17) is 0 Å². The van der Waals surface area contributed by atoms with Crippen LogP contribution >= 0.6 is 0 Å². The number of hydrogen-bond donors (Lipinski definition) is 2. The third-order valence-electron chi connectivity index (χ3n) is 3.72. The normalized spacial score (nSPS) is 16.5. The van der Waals surface area contributed by atoms with Gasteiger partial charge in [-0.2, -0.15) is 0 Å². The van der Waals surface area contributed by atoms with Crippen LogP contribution in [-0.4, -0.2) is 43.7 Å². The molecule has 1 aliphatic heterocycles. The Balaban J connectivity index is 1.78. The Bertz CT molecular complexity index is 473. The summed E-state index contributed by atoms with van der Waals surface area (Å²) in [5, 5.41) is 6.22. The molecule has 1 saturated heterocycles. The van der Waals surface area contributed by atoms with Crippen LogP contribution in [0.4, 0.5) is 0 Å². The lowest BCUT2D eigenvalue weighted by atomic mass is 10.0. The quantitative estimate of drug-likeness (QED) is 0.812. The molecule has 0 aliphatic carbocycles. The number of nitrogens with one attached hydrogen (secondary N) is 2. The largest absolute Gasteiger partial charge is 0.340 e. The van der Waals surface area contributed by atoms with Gasteiger partial charge in [-0.25, -0.2) is 0 Å². The minimum Gasteiger partial charge on any atom is -0.340 e. The number of rotatable bonds is 5. The Morgan fingerprint density at radius 2 is 1.95 bits per heavy atom. The van der Waals surface area contributed by atoms with Crippen molar-refractivity contribution in [2.75, 3.05) is 32.8 Å². The molecule has 0 radical (unpaired) electrons. The van der Waals surface area contributed by atoms with E-state index in [0.717, 1.165) is 31.7 Å². The Kier molecular flexibility index (Phi) is 5.96. The molecule has 21 heavy (non-hydrogen) atoms. The van der Waals surface area contributed by atoms with Crippen LogP contribution in [-0.2, 0) is 4.79 Å². The summed E-state index contributed by atoms with van der Waals surface area (Å²) in [6, 6.07) is 8.33. The Hall–Kier alpha value is -1.65. The van der Waals surface area contributed by atoms with Crippen molar-refractivity contribution in [2.45, 2.75) is 19.8 Å². The van der Waals surface area contributed by atoms with E-state index in [-0.39, 0.29) is 5.91 Å². The summed E-state index contributed by atoms with van der Waals surface area (Å²) < 4.78 is 0. The number of amides is 1. The minimum atomic E-state index is -0.0403. The smallest absolute Gasteiger partial charge is 0.245 e. The fourth-order valence-corrected chi connectivity index (χ4v) is 2.28. The molecule has 1 heterocycles. The summed E-state index contributed by atoms with van der Waals surface area (Å²) in [7, 11) is 0. The van der Waals surface area contributed by atoms with Crippen molar-refractivity contribution in [2.24, 2.45) is 0 Å². The van der Waals surface area contributed by atoms with Gasteiger partial charge in [0.15, 0.2) is 0 Å². The summed E-state index contributed by atoms with van der Waals surface area (Å²) in [4.78, 5) is 14.0. The van der Waals surface area contributed by atoms with Crippen molar-refractivity contribution in [1.29, 1.82) is 0 Å². The van der Waals surface area contributed by atoms with Gasteiger partial charge in [-0.1, -0.05) is 38.1 Å². The summed E-state index contributed by atoms with van der Waals surface area (Å²) >= 11 is 0. The number of carbonyl (C=O) groups excluding carboxylic acids is 1. The average Bonchev–Trinajstić information content (AvgIpc) is 2.52. The van der Waals surface area contributed by atoms with Crippen LogP contribution < -0.4 is 10.6 Å². The predicted octanol–water partition coefficient (Wildman–Crippen LogP) is 1.80. The minimum absolute atomic E-state index is 0.0403. The van der Waals surface area contributed by atoms with E-state index in [2.05, 4.69) is 53.6 Å². The fraction of sp³-hybridized carbons (Fsp3) is 0.471. The van der Waals surface area contributed by atoms with Crippen LogP contribution in [0.2, 0.25) is 0 Å². The van der Waals surface area contributed by atoms with E-state index in [1.54, 1.807) is 6.08 Å². The van der Waals surface area contributed by atoms with Crippen LogP contribution in [0.15, 0.2) is 30.3 Å². The second-order valence-corrected chi connectivity index (χ2v) is 5.72. The SMILES string of the molecule is CC(C)c1ccc(/C=C/C(=O)NCN2CCNCC2)cc1. The second kappa shape index (κ2) is 7.96. The molecule has 1 amide bonds. The Morgan fingerprint density at radius 3 is 2.57 bits per heavy atom. The molecule has 0 unspecified atom stereocenters. The zero-order valence-corrected chi connectivity index (χ0v) is 12.9. The maximum absolute atomic E-state index is 11.8. The van der Waals surface area contributed by atoms with Crippen molar-refractivity contribution in [3.05, 3.63) is 41.5 Å². The van der Waals surface area contributed by atoms with Gasteiger partial charge in [0.05, 0.1) is 6.67 Å². The van der Waals surface area contributed by atoms with Gasteiger partial charge in [0.25, 0.3) is 0 Å². The van der Waals surface area contributed by atoms with Crippen molar-refractivity contribution >= 4 is 12.0 Å². The first-order chi connectivity index (χ1) is 10.1. The highest BCUT2D eigenvalue weighted by Crippen LogP contribution is 2.15. The van der Waals surface area contributed by atoms with Crippen molar-refractivity contribution in [3.8, 4) is 0 Å². The molecule has 0 bridgehead atoms. The van der Waals surface area contributed by atoms with E-state index in [0.29, 0.717) is 12.6 Å². The van der Waals surface area contributed by atoms with Gasteiger partial charge in [0, 0.05) is 32.3 Å². The Labute approximate surface area is 127 Å². The third kappa shape index (κ3) is 5.33. The third-order valence-corrected chi connectivity index (χ3v) is 3.72. The zero-order valence-electron chi connectivity index (χ0n) is 12.9. The molecule has 1 aliphatic rings. The molecule has 0 saturated carbocycles. The molecular weight excluding hydrogens is 262 g/mol. The molecule has 114 valence electrons. The molecule has 4 heteroatoms. The van der Waals surface area contributed by atoms with Crippen LogP contribution in [0.25, 0.3) is 6.08 Å². The maximum Gasteiger partial charge on any atom is 0.245 e. The predicted molar refractivity (Wildman–Crippen MR) is 87.0 cm³/mol. The summed E-state index contributed by atoms with van der Waals surface area (Å²) in [6.45, 7) is 8.93. The van der Waals surface area contributed by atoms with Gasteiger partial charge in [-0.05, 0) is 23.1 Å². The summed E-state index contributed by atoms with van der Waals surface area (Å²) in [5.74, 6) is 0.492. The highest BCUT2D eigenvalue weighted by Gasteiger charge is 2.09. The summed E-state index contributed by atoms with van der Waals surface area (Å²) in [5.41, 5.74) is 2.37. The molecule has 0 spiro atoms. The molecule has 2 rings (SSSR count). The van der Waals surface area contributed by atoms with E-state index in [1.807, 2.05) is 6.08 Å². The summed E-state index contributed by atoms with van der Waals surface area (Å²) in [6.07, 6.45) is 3.46. The van der Waals surface area contributed by atoms with Gasteiger partial charge in [0.1, 0.15) is 0 Å². The van der Waals surface area contributed by atoms with E-state index in [1.165, 1.54) is 5.56 Å². The van der Waals surface area contributed by atoms with Gasteiger partial charge >= 0.3 is 0 Å². The molecule has 4 nitrogen and oxygen atoms in total. The first kappa shape index (κ1) is 15.7. The number of piperazine rings is 1. The topological polar surface area (TPSA) is 44.4 Å². The molecule has 0 aromatic heterocycles. The van der Waals surface area contributed by atoms with Crippen LogP contribution in [0.3, 0.4) is 0 Å². The average molecular weight is 287 g/mol. The highest BCUT2D eigenvalue weighted by atomic mass is 16.1. The lowest BCUT2D eigenvalue weighted by molar-refractivity contribution is -0.117. The molecular formula is C17H25N3O. The first-order valence-electron chi connectivity index (χ1n) is 7.64.